The largest absolute Gasteiger partial charge is 0.483 e. The van der Waals surface area contributed by atoms with E-state index in [0.29, 0.717) is 38.2 Å². The van der Waals surface area contributed by atoms with Crippen molar-refractivity contribution in [2.24, 2.45) is 7.05 Å². The lowest BCUT2D eigenvalue weighted by Gasteiger charge is -2.24. The molecular weight excluding hydrogens is 353 g/mol. The minimum absolute atomic E-state index is 0.147. The number of anilines is 1. The smallest absolute Gasteiger partial charge is 0.290 e. The lowest BCUT2D eigenvalue weighted by atomic mass is 10.2. The van der Waals surface area contributed by atoms with Crippen LogP contribution in [-0.2, 0) is 23.1 Å². The molecule has 0 radical (unpaired) electrons. The van der Waals surface area contributed by atoms with Gasteiger partial charge in [-0.15, -0.1) is 0 Å². The molecule has 3 rings (SSSR count). The average Bonchev–Trinajstić information content (AvgIpc) is 2.91. The van der Waals surface area contributed by atoms with Gasteiger partial charge in [-0.1, -0.05) is 0 Å². The van der Waals surface area contributed by atoms with Crippen molar-refractivity contribution >= 4 is 18.1 Å². The number of hydrogen-bond donors (Lipinski definition) is 1. The fourth-order valence-electron chi connectivity index (χ4n) is 3.07. The molecule has 3 heterocycles. The van der Waals surface area contributed by atoms with Gasteiger partial charge in [0, 0.05) is 57.7 Å². The summed E-state index contributed by atoms with van der Waals surface area (Å²) < 4.78 is 15.7. The lowest BCUT2D eigenvalue weighted by molar-refractivity contribution is -0.131. The molecule has 1 aliphatic rings. The second kappa shape index (κ2) is 10.2. The summed E-state index contributed by atoms with van der Waals surface area (Å²) in [6, 6.07) is 3.62. The Morgan fingerprint density at radius 3 is 2.70 bits per heavy atom. The summed E-state index contributed by atoms with van der Waals surface area (Å²) in [7, 11) is 1.88. The van der Waals surface area contributed by atoms with E-state index in [1.807, 2.05) is 22.9 Å². The highest BCUT2D eigenvalue weighted by Crippen LogP contribution is 2.19. The minimum Gasteiger partial charge on any atom is -0.483 e. The van der Waals surface area contributed by atoms with Crippen molar-refractivity contribution in [3.63, 3.8) is 0 Å². The van der Waals surface area contributed by atoms with E-state index in [2.05, 4.69) is 10.1 Å². The van der Waals surface area contributed by atoms with Crippen molar-refractivity contribution in [2.45, 2.75) is 19.3 Å². The number of halogens is 1. The Labute approximate surface area is 157 Å². The van der Waals surface area contributed by atoms with Gasteiger partial charge in [0.15, 0.2) is 5.82 Å². The van der Waals surface area contributed by atoms with E-state index in [-0.39, 0.29) is 18.2 Å². The number of nitrogens with zero attached hydrogens (tertiary/aromatic N) is 5. The van der Waals surface area contributed by atoms with Crippen LogP contribution in [0, 0.1) is 5.82 Å². The highest BCUT2D eigenvalue weighted by atomic mass is 19.1. The van der Waals surface area contributed by atoms with Crippen LogP contribution in [0.25, 0.3) is 0 Å². The van der Waals surface area contributed by atoms with E-state index in [9.17, 15) is 9.18 Å². The Hall–Kier alpha value is -2.97. The third kappa shape index (κ3) is 5.77. The molecule has 146 valence electrons. The van der Waals surface area contributed by atoms with Gasteiger partial charge in [0.05, 0.1) is 11.9 Å². The maximum Gasteiger partial charge on any atom is 0.290 e. The van der Waals surface area contributed by atoms with Gasteiger partial charge in [-0.05, 0) is 25.0 Å². The standard InChI is InChI=1S/C17H22FN5O.CH2O2/c1-21-14(5-8-20-21)3-4-17(24)23-10-2-9-22(11-12-23)16-6-7-19-13-15(16)18;2-1-3/h5-8,13H,2-4,9-12H2,1H3;1H,(H,2,3). The number of amides is 1. The zero-order chi connectivity index (χ0) is 19.6. The first kappa shape index (κ1) is 20.3. The molecule has 0 bridgehead atoms. The lowest BCUT2D eigenvalue weighted by Crippen LogP contribution is -2.35. The summed E-state index contributed by atoms with van der Waals surface area (Å²) >= 11 is 0. The van der Waals surface area contributed by atoms with Crippen LogP contribution in [0.4, 0.5) is 10.1 Å². The van der Waals surface area contributed by atoms with Crippen molar-refractivity contribution in [3.05, 3.63) is 42.2 Å². The maximum atomic E-state index is 13.9. The Kier molecular flexibility index (Phi) is 7.72. The third-order valence-corrected chi connectivity index (χ3v) is 4.46. The maximum absolute atomic E-state index is 13.9. The number of hydrogen-bond acceptors (Lipinski definition) is 5. The fraction of sp³-hybridized carbons (Fsp3) is 0.444. The van der Waals surface area contributed by atoms with Crippen molar-refractivity contribution in [1.82, 2.24) is 19.7 Å². The number of carbonyl (C=O) groups excluding carboxylic acids is 1. The van der Waals surface area contributed by atoms with E-state index in [4.69, 9.17) is 9.90 Å². The van der Waals surface area contributed by atoms with Gasteiger partial charge in [0.2, 0.25) is 5.91 Å². The topological polar surface area (TPSA) is 91.6 Å². The summed E-state index contributed by atoms with van der Waals surface area (Å²) in [5.41, 5.74) is 1.62. The van der Waals surface area contributed by atoms with Crippen molar-refractivity contribution in [3.8, 4) is 0 Å². The van der Waals surface area contributed by atoms with Crippen LogP contribution in [0.3, 0.4) is 0 Å². The zero-order valence-corrected chi connectivity index (χ0v) is 15.3. The van der Waals surface area contributed by atoms with Crippen LogP contribution in [0.1, 0.15) is 18.5 Å². The highest BCUT2D eigenvalue weighted by Gasteiger charge is 2.20. The van der Waals surface area contributed by atoms with Gasteiger partial charge in [-0.25, -0.2) is 4.39 Å². The van der Waals surface area contributed by atoms with Gasteiger partial charge >= 0.3 is 0 Å². The van der Waals surface area contributed by atoms with Crippen LogP contribution in [-0.4, -0.2) is 63.3 Å². The Balaban J connectivity index is 0.000000817. The second-order valence-electron chi connectivity index (χ2n) is 6.10. The highest BCUT2D eigenvalue weighted by molar-refractivity contribution is 5.76. The normalized spacial score (nSPS) is 14.1. The summed E-state index contributed by atoms with van der Waals surface area (Å²) in [6.07, 6.45) is 6.57. The SMILES string of the molecule is Cn1nccc1CCC(=O)N1CCCN(c2ccncc2F)CC1.O=CO. The average molecular weight is 377 g/mol. The van der Waals surface area contributed by atoms with E-state index in [1.54, 1.807) is 23.1 Å². The summed E-state index contributed by atoms with van der Waals surface area (Å²) in [5.74, 6) is -0.165. The minimum atomic E-state index is -0.312. The third-order valence-electron chi connectivity index (χ3n) is 4.46. The molecule has 0 unspecified atom stereocenters. The Bertz CT molecular complexity index is 752. The molecule has 1 saturated heterocycles. The van der Waals surface area contributed by atoms with Crippen molar-refractivity contribution in [2.75, 3.05) is 31.1 Å². The van der Waals surface area contributed by atoms with Crippen LogP contribution < -0.4 is 4.90 Å². The first-order chi connectivity index (χ1) is 13.1. The van der Waals surface area contributed by atoms with E-state index >= 15 is 0 Å². The summed E-state index contributed by atoms with van der Waals surface area (Å²) in [4.78, 5) is 28.5. The molecule has 1 fully saturated rings. The molecule has 0 aliphatic carbocycles. The predicted molar refractivity (Wildman–Crippen MR) is 97.8 cm³/mol. The van der Waals surface area contributed by atoms with E-state index < -0.39 is 0 Å². The first-order valence-electron chi connectivity index (χ1n) is 8.73. The molecule has 0 saturated carbocycles. The zero-order valence-electron chi connectivity index (χ0n) is 15.3. The molecule has 1 amide bonds. The van der Waals surface area contributed by atoms with E-state index in [0.717, 1.165) is 18.7 Å². The van der Waals surface area contributed by atoms with Gasteiger partial charge in [0.25, 0.3) is 6.47 Å². The molecule has 2 aromatic heterocycles. The number of carboxylic acid groups (broad SMARTS) is 1. The van der Waals surface area contributed by atoms with Gasteiger partial charge in [-0.3, -0.25) is 19.3 Å². The monoisotopic (exact) mass is 377 g/mol. The van der Waals surface area contributed by atoms with Crippen molar-refractivity contribution in [1.29, 1.82) is 0 Å². The molecule has 9 heteroatoms. The van der Waals surface area contributed by atoms with Crippen LogP contribution >= 0.6 is 0 Å². The summed E-state index contributed by atoms with van der Waals surface area (Å²) in [6.45, 7) is 2.46. The fourth-order valence-corrected chi connectivity index (χ4v) is 3.07. The van der Waals surface area contributed by atoms with Gasteiger partial charge in [0.1, 0.15) is 0 Å². The van der Waals surface area contributed by atoms with Gasteiger partial charge in [-0.2, -0.15) is 5.10 Å². The number of rotatable bonds is 4. The van der Waals surface area contributed by atoms with Crippen LogP contribution in [0.15, 0.2) is 30.7 Å². The molecule has 0 aromatic carbocycles. The molecule has 8 nitrogen and oxygen atoms in total. The number of pyridine rings is 1. The van der Waals surface area contributed by atoms with E-state index in [1.165, 1.54) is 6.20 Å². The Morgan fingerprint density at radius 2 is 2.04 bits per heavy atom. The molecule has 0 spiro atoms. The molecule has 2 aromatic rings. The number of aromatic nitrogens is 3. The molecular formula is C18H24FN5O3. The van der Waals surface area contributed by atoms with Crippen LogP contribution in [0.5, 0.6) is 0 Å². The summed E-state index contributed by atoms with van der Waals surface area (Å²) in [5, 5.41) is 11.0. The molecule has 1 aliphatic heterocycles. The quantitative estimate of drug-likeness (QED) is 0.808. The van der Waals surface area contributed by atoms with Crippen molar-refractivity contribution < 1.29 is 19.1 Å². The molecule has 1 N–H and O–H groups in total. The first-order valence-corrected chi connectivity index (χ1v) is 8.73. The van der Waals surface area contributed by atoms with Gasteiger partial charge < -0.3 is 14.9 Å². The molecule has 0 atom stereocenters. The second-order valence-corrected chi connectivity index (χ2v) is 6.10. The number of aryl methyl sites for hydroxylation is 2. The number of carbonyl (C=O) groups is 2. The molecule has 27 heavy (non-hydrogen) atoms. The Morgan fingerprint density at radius 1 is 1.26 bits per heavy atom. The van der Waals surface area contributed by atoms with Crippen LogP contribution in [0.2, 0.25) is 0 Å². The predicted octanol–water partition coefficient (Wildman–Crippen LogP) is 1.33.